The Morgan fingerprint density at radius 2 is 1.81 bits per heavy atom. The van der Waals surface area contributed by atoms with Crippen molar-refractivity contribution in [2.45, 2.75) is 39.5 Å². The molecular formula is C27H31ClN4O4S. The number of methoxy groups -OCH3 is 1. The topological polar surface area (TPSA) is 96.6 Å². The number of rotatable bonds is 10. The average Bonchev–Trinajstić information content (AvgIpc) is 3.32. The molecule has 0 bridgehead atoms. The lowest BCUT2D eigenvalue weighted by molar-refractivity contribution is -0.114. The summed E-state index contributed by atoms with van der Waals surface area (Å²) in [5, 5.41) is 15.5. The van der Waals surface area contributed by atoms with Gasteiger partial charge in [-0.25, -0.2) is 0 Å². The number of fused-ring (bicyclic) bond motifs is 1. The van der Waals surface area contributed by atoms with E-state index in [1.54, 1.807) is 31.4 Å². The van der Waals surface area contributed by atoms with E-state index in [-0.39, 0.29) is 23.8 Å². The normalized spacial score (nSPS) is 16.5. The standard InChI is InChI=1S/C27H30N4O4S.ClH/c1-5-17(3)19-8-10-20(11-9-19)34-13-14-35-22-12-7-18(16-23(22)33-4)15-21-25(28)31-27(29-26(21)32)36-24(6-2)30-31;/h7-12,15-17,28H,5-6,13-14H2,1-4H3;1H/b21-15+,28-25?;. The average molecular weight is 543 g/mol. The predicted octanol–water partition coefficient (Wildman–Crippen LogP) is 6.12. The number of amides is 1. The fourth-order valence-corrected chi connectivity index (χ4v) is 4.50. The van der Waals surface area contributed by atoms with Crippen molar-refractivity contribution in [2.24, 2.45) is 10.1 Å². The highest BCUT2D eigenvalue weighted by Gasteiger charge is 2.35. The van der Waals surface area contributed by atoms with E-state index < -0.39 is 5.91 Å². The second-order valence-electron chi connectivity index (χ2n) is 8.35. The van der Waals surface area contributed by atoms with Crippen molar-refractivity contribution < 1.29 is 19.0 Å². The summed E-state index contributed by atoms with van der Waals surface area (Å²) < 4.78 is 17.2. The van der Waals surface area contributed by atoms with Crippen molar-refractivity contribution in [3.63, 3.8) is 0 Å². The first kappa shape index (κ1) is 28.3. The third-order valence-corrected chi connectivity index (χ3v) is 7.02. The van der Waals surface area contributed by atoms with Crippen molar-refractivity contribution >= 4 is 52.2 Å². The lowest BCUT2D eigenvalue weighted by Crippen LogP contribution is -2.35. The van der Waals surface area contributed by atoms with Gasteiger partial charge in [0.1, 0.15) is 24.0 Å². The molecule has 0 fully saturated rings. The van der Waals surface area contributed by atoms with Gasteiger partial charge in [0.05, 0.1) is 12.7 Å². The van der Waals surface area contributed by atoms with Gasteiger partial charge in [-0.05, 0) is 72.0 Å². The highest BCUT2D eigenvalue weighted by atomic mass is 35.5. The van der Waals surface area contributed by atoms with Crippen LogP contribution in [-0.4, -0.2) is 47.3 Å². The second kappa shape index (κ2) is 12.8. The van der Waals surface area contributed by atoms with Crippen LogP contribution in [0.3, 0.4) is 0 Å². The van der Waals surface area contributed by atoms with Crippen LogP contribution in [0.2, 0.25) is 0 Å². The molecule has 0 radical (unpaired) electrons. The number of carbonyl (C=O) groups is 1. The van der Waals surface area contributed by atoms with Crippen molar-refractivity contribution in [3.05, 3.63) is 59.2 Å². The molecule has 2 aliphatic heterocycles. The first-order chi connectivity index (χ1) is 17.4. The quantitative estimate of drug-likeness (QED) is 0.287. The largest absolute Gasteiger partial charge is 0.493 e. The molecule has 0 aliphatic carbocycles. The number of hydrogen-bond acceptors (Lipinski definition) is 7. The zero-order valence-electron chi connectivity index (χ0n) is 21.3. The van der Waals surface area contributed by atoms with E-state index in [1.165, 1.54) is 22.3 Å². The summed E-state index contributed by atoms with van der Waals surface area (Å²) in [4.78, 5) is 16.7. The van der Waals surface area contributed by atoms with Crippen LogP contribution >= 0.6 is 24.2 Å². The van der Waals surface area contributed by atoms with Crippen molar-refractivity contribution in [1.82, 2.24) is 5.01 Å². The minimum atomic E-state index is -0.458. The van der Waals surface area contributed by atoms with Gasteiger partial charge in [0.2, 0.25) is 5.17 Å². The molecule has 0 aromatic heterocycles. The fraction of sp³-hybridized carbons (Fsp3) is 0.333. The van der Waals surface area contributed by atoms with Gasteiger partial charge in [-0.15, -0.1) is 12.4 Å². The maximum absolute atomic E-state index is 12.6. The van der Waals surface area contributed by atoms with E-state index in [1.807, 2.05) is 19.1 Å². The number of ether oxygens (including phenoxy) is 3. The Kier molecular flexibility index (Phi) is 9.77. The molecule has 2 heterocycles. The van der Waals surface area contributed by atoms with Crippen LogP contribution in [0.1, 0.15) is 50.7 Å². The monoisotopic (exact) mass is 542 g/mol. The lowest BCUT2D eigenvalue weighted by Gasteiger charge is -2.20. The summed E-state index contributed by atoms with van der Waals surface area (Å²) in [6, 6.07) is 13.5. The summed E-state index contributed by atoms with van der Waals surface area (Å²) >= 11 is 1.32. The molecule has 1 amide bonds. The maximum atomic E-state index is 12.6. The highest BCUT2D eigenvalue weighted by Crippen LogP contribution is 2.32. The zero-order valence-corrected chi connectivity index (χ0v) is 22.9. The third-order valence-electron chi connectivity index (χ3n) is 5.97. The molecule has 2 aromatic rings. The summed E-state index contributed by atoms with van der Waals surface area (Å²) in [6.45, 7) is 7.09. The Hall–Kier alpha value is -3.30. The molecule has 0 saturated carbocycles. The van der Waals surface area contributed by atoms with E-state index in [0.717, 1.165) is 23.6 Å². The molecule has 4 rings (SSSR count). The predicted molar refractivity (Wildman–Crippen MR) is 152 cm³/mol. The number of nitrogens with one attached hydrogen (secondary N) is 1. The summed E-state index contributed by atoms with van der Waals surface area (Å²) in [7, 11) is 1.56. The number of hydrogen-bond donors (Lipinski definition) is 1. The van der Waals surface area contributed by atoms with Crippen LogP contribution in [0, 0.1) is 5.41 Å². The highest BCUT2D eigenvalue weighted by molar-refractivity contribution is 8.26. The number of aliphatic imine (C=N–C) groups is 1. The van der Waals surface area contributed by atoms with Crippen molar-refractivity contribution in [2.75, 3.05) is 20.3 Å². The Morgan fingerprint density at radius 1 is 1.08 bits per heavy atom. The SMILES string of the molecule is CCC1=NN2C(=N)/C(=C\c3ccc(OCCOc4ccc(C(C)CC)cc4)c(OC)c3)C(=O)N=C2S1.Cl. The van der Waals surface area contributed by atoms with Gasteiger partial charge in [-0.2, -0.15) is 15.1 Å². The van der Waals surface area contributed by atoms with Gasteiger partial charge >= 0.3 is 0 Å². The number of thioether (sulfide) groups is 1. The molecule has 2 aromatic carbocycles. The van der Waals surface area contributed by atoms with Crippen LogP contribution in [0.25, 0.3) is 6.08 Å². The number of benzene rings is 2. The van der Waals surface area contributed by atoms with Crippen molar-refractivity contribution in [1.29, 1.82) is 5.41 Å². The van der Waals surface area contributed by atoms with Crippen LogP contribution in [0.15, 0.2) is 58.1 Å². The van der Waals surface area contributed by atoms with Crippen molar-refractivity contribution in [3.8, 4) is 17.2 Å². The molecule has 8 nitrogen and oxygen atoms in total. The van der Waals surface area contributed by atoms with E-state index >= 15 is 0 Å². The fourth-order valence-electron chi connectivity index (χ4n) is 3.67. The molecule has 37 heavy (non-hydrogen) atoms. The number of carbonyl (C=O) groups excluding carboxylic acids is 1. The first-order valence-electron chi connectivity index (χ1n) is 12.0. The number of halogens is 1. The van der Waals surface area contributed by atoms with Crippen LogP contribution in [0.4, 0.5) is 0 Å². The Balaban J connectivity index is 0.00000380. The Bertz CT molecular complexity index is 1240. The molecular weight excluding hydrogens is 512 g/mol. The number of hydrazone groups is 1. The van der Waals surface area contributed by atoms with Crippen LogP contribution in [-0.2, 0) is 4.79 Å². The molecule has 1 unspecified atom stereocenters. The molecule has 10 heteroatoms. The van der Waals surface area contributed by atoms with E-state index in [0.29, 0.717) is 41.4 Å². The van der Waals surface area contributed by atoms with Gasteiger partial charge in [0.15, 0.2) is 17.3 Å². The van der Waals surface area contributed by atoms with Gasteiger partial charge < -0.3 is 14.2 Å². The van der Waals surface area contributed by atoms with Gasteiger partial charge in [-0.3, -0.25) is 10.2 Å². The number of nitrogens with zero attached hydrogens (tertiary/aromatic N) is 3. The molecule has 2 aliphatic rings. The Labute approximate surface area is 227 Å². The summed E-state index contributed by atoms with van der Waals surface area (Å²) in [5.74, 6) is 1.96. The first-order valence-corrected chi connectivity index (χ1v) is 12.8. The Morgan fingerprint density at radius 3 is 2.49 bits per heavy atom. The molecule has 196 valence electrons. The molecule has 0 spiro atoms. The minimum absolute atomic E-state index is 0. The number of amidine groups is 2. The smallest absolute Gasteiger partial charge is 0.283 e. The summed E-state index contributed by atoms with van der Waals surface area (Å²) in [6.07, 6.45) is 3.44. The van der Waals surface area contributed by atoms with Crippen LogP contribution in [0.5, 0.6) is 17.2 Å². The van der Waals surface area contributed by atoms with Gasteiger partial charge in [0, 0.05) is 0 Å². The van der Waals surface area contributed by atoms with E-state index in [2.05, 4.69) is 36.1 Å². The van der Waals surface area contributed by atoms with Gasteiger partial charge in [0.25, 0.3) is 5.91 Å². The molecule has 1 N–H and O–H groups in total. The second-order valence-corrected chi connectivity index (χ2v) is 9.39. The third kappa shape index (κ3) is 6.53. The maximum Gasteiger partial charge on any atom is 0.283 e. The van der Waals surface area contributed by atoms with E-state index in [4.69, 9.17) is 19.6 Å². The van der Waals surface area contributed by atoms with E-state index in [9.17, 15) is 4.79 Å². The minimum Gasteiger partial charge on any atom is -0.493 e. The molecule has 1 atom stereocenters. The zero-order chi connectivity index (χ0) is 25.7. The van der Waals surface area contributed by atoms with Gasteiger partial charge in [-0.1, -0.05) is 39.0 Å². The molecule has 0 saturated heterocycles. The van der Waals surface area contributed by atoms with Crippen LogP contribution < -0.4 is 14.2 Å². The lowest BCUT2D eigenvalue weighted by atomic mass is 9.99. The summed E-state index contributed by atoms with van der Waals surface area (Å²) in [5.41, 5.74) is 2.16.